The second kappa shape index (κ2) is 7.90. The summed E-state index contributed by atoms with van der Waals surface area (Å²) in [6.45, 7) is 5.04. The molecule has 128 valence electrons. The summed E-state index contributed by atoms with van der Waals surface area (Å²) in [7, 11) is 0. The van der Waals surface area contributed by atoms with Gasteiger partial charge in [0.15, 0.2) is 0 Å². The van der Waals surface area contributed by atoms with Gasteiger partial charge in [0, 0.05) is 25.5 Å². The first-order valence-corrected chi connectivity index (χ1v) is 8.73. The maximum atomic E-state index is 13.4. The van der Waals surface area contributed by atoms with Crippen LogP contribution in [0.4, 0.5) is 4.39 Å². The third kappa shape index (κ3) is 4.22. The van der Waals surface area contributed by atoms with Gasteiger partial charge in [0.2, 0.25) is 0 Å². The van der Waals surface area contributed by atoms with Crippen LogP contribution in [0.5, 0.6) is 0 Å². The first kappa shape index (κ1) is 17.1. The number of hydrogen-bond donors (Lipinski definition) is 0. The number of benzene rings is 1. The molecule has 0 saturated heterocycles. The van der Waals surface area contributed by atoms with Crippen molar-refractivity contribution in [2.45, 2.75) is 13.1 Å². The van der Waals surface area contributed by atoms with Gasteiger partial charge in [0.05, 0.1) is 11.4 Å². The van der Waals surface area contributed by atoms with Crippen molar-refractivity contribution in [1.82, 2.24) is 14.5 Å². The van der Waals surface area contributed by atoms with Crippen molar-refractivity contribution in [2.75, 3.05) is 6.54 Å². The van der Waals surface area contributed by atoms with Gasteiger partial charge in [-0.15, -0.1) is 17.9 Å². The fourth-order valence-electron chi connectivity index (χ4n) is 2.57. The Hall–Kier alpha value is -2.73. The number of carbonyl (C=O) groups is 1. The Bertz CT molecular complexity index is 857. The Labute approximate surface area is 149 Å². The number of thiophene rings is 1. The van der Waals surface area contributed by atoms with E-state index in [0.29, 0.717) is 24.5 Å². The normalized spacial score (nSPS) is 10.6. The number of amides is 1. The van der Waals surface area contributed by atoms with Crippen molar-refractivity contribution in [3.05, 3.63) is 88.9 Å². The molecule has 0 aliphatic rings. The molecule has 4 nitrogen and oxygen atoms in total. The predicted octanol–water partition coefficient (Wildman–Crippen LogP) is 3.96. The first-order chi connectivity index (χ1) is 12.2. The molecule has 3 rings (SSSR count). The van der Waals surface area contributed by atoms with Gasteiger partial charge in [-0.05, 0) is 29.1 Å². The molecule has 2 heterocycles. The molecular weight excluding hydrogens is 337 g/mol. The van der Waals surface area contributed by atoms with E-state index in [4.69, 9.17) is 0 Å². The Kier molecular flexibility index (Phi) is 5.40. The van der Waals surface area contributed by atoms with Gasteiger partial charge >= 0.3 is 0 Å². The minimum atomic E-state index is -0.264. The largest absolute Gasteiger partial charge is 0.329 e. The highest BCUT2D eigenvalue weighted by Crippen LogP contribution is 2.15. The highest BCUT2D eigenvalue weighted by molar-refractivity contribution is 7.12. The van der Waals surface area contributed by atoms with E-state index in [0.717, 1.165) is 11.4 Å². The smallest absolute Gasteiger partial charge is 0.264 e. The number of carbonyl (C=O) groups excluding carboxylic acids is 1. The second-order valence-electron chi connectivity index (χ2n) is 5.55. The molecule has 0 spiro atoms. The lowest BCUT2D eigenvalue weighted by molar-refractivity contribution is 0.0762. The minimum Gasteiger partial charge on any atom is -0.329 e. The van der Waals surface area contributed by atoms with Crippen molar-refractivity contribution in [3.8, 4) is 0 Å². The van der Waals surface area contributed by atoms with Crippen molar-refractivity contribution in [3.63, 3.8) is 0 Å². The van der Waals surface area contributed by atoms with E-state index in [9.17, 15) is 9.18 Å². The average molecular weight is 355 g/mol. The van der Waals surface area contributed by atoms with Crippen LogP contribution in [-0.2, 0) is 13.1 Å². The van der Waals surface area contributed by atoms with Gasteiger partial charge in [-0.2, -0.15) is 0 Å². The molecule has 0 N–H and O–H groups in total. The average Bonchev–Trinajstić information content (AvgIpc) is 3.26. The summed E-state index contributed by atoms with van der Waals surface area (Å²) in [6.07, 6.45) is 5.23. The lowest BCUT2D eigenvalue weighted by Crippen LogP contribution is -2.31. The molecule has 0 radical (unpaired) electrons. The quantitative estimate of drug-likeness (QED) is 0.602. The summed E-state index contributed by atoms with van der Waals surface area (Å²) in [6, 6.07) is 10.1. The summed E-state index contributed by atoms with van der Waals surface area (Å²) in [4.78, 5) is 19.4. The molecular formula is C19H18FN3OS. The Morgan fingerprint density at radius 3 is 2.96 bits per heavy atom. The SMILES string of the molecule is C=CCN(Cc1nccn1Cc1cccc(F)c1)C(=O)c1cccs1. The molecule has 3 aromatic rings. The molecule has 6 heteroatoms. The summed E-state index contributed by atoms with van der Waals surface area (Å²) < 4.78 is 15.3. The van der Waals surface area contributed by atoms with E-state index in [2.05, 4.69) is 11.6 Å². The highest BCUT2D eigenvalue weighted by atomic mass is 32.1. The van der Waals surface area contributed by atoms with E-state index >= 15 is 0 Å². The van der Waals surface area contributed by atoms with Crippen molar-refractivity contribution in [2.24, 2.45) is 0 Å². The van der Waals surface area contributed by atoms with E-state index in [1.807, 2.05) is 34.3 Å². The first-order valence-electron chi connectivity index (χ1n) is 7.85. The van der Waals surface area contributed by atoms with E-state index in [1.165, 1.54) is 23.5 Å². The summed E-state index contributed by atoms with van der Waals surface area (Å²) in [5.41, 5.74) is 0.846. The molecule has 1 aromatic carbocycles. The van der Waals surface area contributed by atoms with Crippen LogP contribution in [-0.4, -0.2) is 26.9 Å². The van der Waals surface area contributed by atoms with Gasteiger partial charge < -0.3 is 9.47 Å². The lowest BCUT2D eigenvalue weighted by atomic mass is 10.2. The van der Waals surface area contributed by atoms with Crippen LogP contribution in [0.3, 0.4) is 0 Å². The fourth-order valence-corrected chi connectivity index (χ4v) is 3.26. The molecule has 1 amide bonds. The summed E-state index contributed by atoms with van der Waals surface area (Å²) in [5.74, 6) is 0.437. The maximum Gasteiger partial charge on any atom is 0.264 e. The van der Waals surface area contributed by atoms with Crippen molar-refractivity contribution >= 4 is 17.2 Å². The molecule has 0 unspecified atom stereocenters. The standard InChI is InChI=1S/C19H18FN3OS/c1-2-9-23(19(24)17-7-4-11-25-17)14-18-21-8-10-22(18)13-15-5-3-6-16(20)12-15/h2-8,10-12H,1,9,13-14H2. The number of nitrogens with zero attached hydrogens (tertiary/aromatic N) is 3. The van der Waals surface area contributed by atoms with Crippen LogP contribution >= 0.6 is 11.3 Å². The topological polar surface area (TPSA) is 38.1 Å². The van der Waals surface area contributed by atoms with Gasteiger partial charge in [-0.3, -0.25) is 4.79 Å². The van der Waals surface area contributed by atoms with Crippen molar-refractivity contribution < 1.29 is 9.18 Å². The van der Waals surface area contributed by atoms with Gasteiger partial charge in [0.1, 0.15) is 11.6 Å². The Balaban J connectivity index is 1.78. The lowest BCUT2D eigenvalue weighted by Gasteiger charge is -2.21. The number of aromatic nitrogens is 2. The molecule has 2 aromatic heterocycles. The zero-order valence-electron chi connectivity index (χ0n) is 13.6. The minimum absolute atomic E-state index is 0.0461. The summed E-state index contributed by atoms with van der Waals surface area (Å²) in [5, 5.41) is 1.88. The van der Waals surface area contributed by atoms with E-state index in [-0.39, 0.29) is 11.7 Å². The zero-order chi connectivity index (χ0) is 17.6. The number of imidazole rings is 1. The molecule has 25 heavy (non-hydrogen) atoms. The molecule has 0 saturated carbocycles. The number of halogens is 1. The maximum absolute atomic E-state index is 13.4. The van der Waals surface area contributed by atoms with Gasteiger partial charge in [-0.25, -0.2) is 9.37 Å². The van der Waals surface area contributed by atoms with Gasteiger partial charge in [0.25, 0.3) is 5.91 Å². The summed E-state index contributed by atoms with van der Waals surface area (Å²) >= 11 is 1.41. The fraction of sp³-hybridized carbons (Fsp3) is 0.158. The molecule has 0 aliphatic heterocycles. The van der Waals surface area contributed by atoms with Crippen LogP contribution in [0.15, 0.2) is 66.8 Å². The monoisotopic (exact) mass is 355 g/mol. The number of hydrogen-bond acceptors (Lipinski definition) is 3. The van der Waals surface area contributed by atoms with Crippen LogP contribution in [0, 0.1) is 5.82 Å². The highest BCUT2D eigenvalue weighted by Gasteiger charge is 2.18. The van der Waals surface area contributed by atoms with Gasteiger partial charge in [-0.1, -0.05) is 24.3 Å². The van der Waals surface area contributed by atoms with Crippen LogP contribution in [0.1, 0.15) is 21.1 Å². The third-order valence-corrected chi connectivity index (χ3v) is 4.60. The Morgan fingerprint density at radius 1 is 1.36 bits per heavy atom. The van der Waals surface area contributed by atoms with Crippen LogP contribution in [0.2, 0.25) is 0 Å². The van der Waals surface area contributed by atoms with Crippen molar-refractivity contribution in [1.29, 1.82) is 0 Å². The van der Waals surface area contributed by atoms with Crippen LogP contribution in [0.25, 0.3) is 0 Å². The second-order valence-corrected chi connectivity index (χ2v) is 6.50. The molecule has 0 atom stereocenters. The predicted molar refractivity (Wildman–Crippen MR) is 97.0 cm³/mol. The van der Waals surface area contributed by atoms with E-state index < -0.39 is 0 Å². The number of rotatable bonds is 7. The zero-order valence-corrected chi connectivity index (χ0v) is 14.5. The third-order valence-electron chi connectivity index (χ3n) is 3.74. The molecule has 0 aliphatic carbocycles. The molecule has 0 fully saturated rings. The van der Waals surface area contributed by atoms with Crippen LogP contribution < -0.4 is 0 Å². The molecule has 0 bridgehead atoms. The Morgan fingerprint density at radius 2 is 2.24 bits per heavy atom. The van der Waals surface area contributed by atoms with E-state index in [1.54, 1.807) is 23.2 Å².